The first kappa shape index (κ1) is 31.2. The van der Waals surface area contributed by atoms with Gasteiger partial charge in [-0.3, -0.25) is 14.1 Å². The quantitative estimate of drug-likeness (QED) is 0.146. The number of carbonyl (C=O) groups is 2. The number of amides is 1. The molecule has 0 aromatic heterocycles. The molecule has 2 aliphatic heterocycles. The summed E-state index contributed by atoms with van der Waals surface area (Å²) < 4.78 is 32.9. The van der Waals surface area contributed by atoms with Gasteiger partial charge in [0.15, 0.2) is 18.1 Å². The van der Waals surface area contributed by atoms with Crippen molar-refractivity contribution in [2.24, 2.45) is 11.1 Å². The van der Waals surface area contributed by atoms with E-state index in [1.54, 1.807) is 28.9 Å². The first-order valence-corrected chi connectivity index (χ1v) is 15.1. The maximum Gasteiger partial charge on any atom is 0.459 e. The maximum atomic E-state index is 14.2. The molecule has 2 aromatic carbocycles. The van der Waals surface area contributed by atoms with Crippen LogP contribution in [0.4, 0.5) is 0 Å². The lowest BCUT2D eigenvalue weighted by Gasteiger charge is -2.25. The molecule has 4 rings (SSSR count). The lowest BCUT2D eigenvalue weighted by Crippen LogP contribution is -2.46. The molecule has 6 N–H and O–H groups in total. The van der Waals surface area contributed by atoms with Crippen molar-refractivity contribution in [1.82, 2.24) is 10.4 Å². The molecule has 0 bridgehead atoms. The third-order valence-corrected chi connectivity index (χ3v) is 8.22. The average Bonchev–Trinajstić information content (AvgIpc) is 3.23. The summed E-state index contributed by atoms with van der Waals surface area (Å²) in [7, 11) is -4.30. The number of nitrogens with one attached hydrogen (secondary N) is 2. The molecular formula is C29H38N4O8P+. The Hall–Kier alpha value is -3.70. The minimum atomic E-state index is -4.30. The van der Waals surface area contributed by atoms with E-state index in [0.29, 0.717) is 18.4 Å². The summed E-state index contributed by atoms with van der Waals surface area (Å²) in [6.07, 6.45) is 1.50. The van der Waals surface area contributed by atoms with E-state index in [1.165, 1.54) is 13.1 Å². The number of carbonyl (C=O) groups excluding carboxylic acids is 2. The molecular weight excluding hydrogens is 563 g/mol. The number of esters is 1. The largest absolute Gasteiger partial charge is 0.507 e. The van der Waals surface area contributed by atoms with Gasteiger partial charge in [0, 0.05) is 11.8 Å². The summed E-state index contributed by atoms with van der Waals surface area (Å²) >= 11 is 0. The molecule has 2 heterocycles. The van der Waals surface area contributed by atoms with Crippen LogP contribution in [0.3, 0.4) is 0 Å². The third kappa shape index (κ3) is 7.57. The van der Waals surface area contributed by atoms with Crippen molar-refractivity contribution in [3.8, 4) is 5.75 Å². The highest BCUT2D eigenvalue weighted by atomic mass is 31.2. The number of hydrogen-bond donors (Lipinski definition) is 5. The minimum Gasteiger partial charge on any atom is -0.507 e. The van der Waals surface area contributed by atoms with Gasteiger partial charge in [-0.2, -0.15) is 5.09 Å². The average molecular weight is 602 g/mol. The second kappa shape index (κ2) is 12.7. The van der Waals surface area contributed by atoms with Gasteiger partial charge in [-0.25, -0.2) is 9.14 Å². The lowest BCUT2D eigenvalue weighted by atomic mass is 9.99. The van der Waals surface area contributed by atoms with E-state index in [0.717, 1.165) is 5.39 Å². The third-order valence-electron chi connectivity index (χ3n) is 6.61. The van der Waals surface area contributed by atoms with Gasteiger partial charge in [0.2, 0.25) is 0 Å². The topological polar surface area (TPSA) is 172 Å². The molecule has 226 valence electrons. The highest BCUT2D eigenvalue weighted by Gasteiger charge is 2.43. The van der Waals surface area contributed by atoms with Gasteiger partial charge in [-0.05, 0) is 23.8 Å². The van der Waals surface area contributed by atoms with Crippen LogP contribution in [0.1, 0.15) is 34.1 Å². The van der Waals surface area contributed by atoms with Crippen LogP contribution in [-0.2, 0) is 23.4 Å². The zero-order valence-electron chi connectivity index (χ0n) is 24.1. The summed E-state index contributed by atoms with van der Waals surface area (Å²) in [6.45, 7) is 7.36. The standard InChI is InChI=1S/C29H37N4O8P/c1-18(28(37)39-17-29(2,3)4)32-42(38,41-23-13-7-10-19-9-5-6-12-21(19)23)40-16-22-24(34)25(35)27(31-22)33-14-8-11-20(15-33)26(30)36/h5-7,9-13,15,18,25,27,31,35H,8,14,16-17H2,1-4H3,(H3-,30,32,34,36,38)/p+1/t18-,25?,27-,42?/m0/s1. The first-order chi connectivity index (χ1) is 19.8. The second-order valence-corrected chi connectivity index (χ2v) is 13.1. The Balaban J connectivity index is 1.55. The Bertz CT molecular complexity index is 1490. The molecule has 42 heavy (non-hydrogen) atoms. The Kier molecular flexibility index (Phi) is 9.42. The van der Waals surface area contributed by atoms with Crippen LogP contribution in [0.2, 0.25) is 0 Å². The molecule has 0 fully saturated rings. The van der Waals surface area contributed by atoms with Crippen molar-refractivity contribution in [1.29, 1.82) is 0 Å². The normalized spacial score (nSPS) is 21.2. The summed E-state index contributed by atoms with van der Waals surface area (Å²) in [6, 6.07) is 11.5. The Morgan fingerprint density at radius 1 is 1.21 bits per heavy atom. The summed E-state index contributed by atoms with van der Waals surface area (Å²) in [5, 5.41) is 28.6. The molecule has 12 nitrogen and oxygen atoms in total. The van der Waals surface area contributed by atoms with E-state index in [2.05, 4.69) is 10.4 Å². The zero-order chi connectivity index (χ0) is 30.7. The number of rotatable bonds is 11. The number of hydrogen-bond acceptors (Lipinski definition) is 9. The van der Waals surface area contributed by atoms with E-state index < -0.39 is 50.3 Å². The molecule has 1 amide bonds. The number of aliphatic hydroxyl groups excluding tert-OH is 2. The van der Waals surface area contributed by atoms with Crippen LogP contribution in [-0.4, -0.2) is 70.9 Å². The number of aliphatic hydroxyl groups is 2. The van der Waals surface area contributed by atoms with E-state index in [1.807, 2.05) is 45.0 Å². The fourth-order valence-corrected chi connectivity index (χ4v) is 5.91. The van der Waals surface area contributed by atoms with Crippen molar-refractivity contribution in [3.05, 3.63) is 65.6 Å². The van der Waals surface area contributed by atoms with Gasteiger partial charge < -0.3 is 30.5 Å². The molecule has 2 unspecified atom stereocenters. The number of fused-ring (bicyclic) bond motifs is 1. The van der Waals surface area contributed by atoms with Crippen molar-refractivity contribution in [2.75, 3.05) is 19.8 Å². The van der Waals surface area contributed by atoms with Crippen molar-refractivity contribution in [3.63, 3.8) is 0 Å². The lowest BCUT2D eigenvalue weighted by molar-refractivity contribution is -0.574. The molecule has 0 saturated carbocycles. The molecule has 0 aliphatic carbocycles. The highest BCUT2D eigenvalue weighted by molar-refractivity contribution is 7.52. The molecule has 4 atom stereocenters. The SMILES string of the molecule is C[C@H](NP(=O)(OCC1=C(O)C(O)[C@H]([N+]2=CC(C(N)=O)=CCC2)N1)Oc1cccc2ccccc12)C(=O)OCC(C)(C)C. The number of nitrogens with two attached hydrogens (primary N) is 1. The molecule has 0 radical (unpaired) electrons. The smallest absolute Gasteiger partial charge is 0.459 e. The van der Waals surface area contributed by atoms with Crippen LogP contribution < -0.4 is 20.7 Å². The second-order valence-electron chi connectivity index (χ2n) is 11.4. The molecule has 2 aromatic rings. The van der Waals surface area contributed by atoms with Crippen molar-refractivity contribution < 1.29 is 42.7 Å². The van der Waals surface area contributed by atoms with Crippen LogP contribution in [0.25, 0.3) is 10.8 Å². The number of nitrogens with zero attached hydrogens (tertiary/aromatic N) is 1. The van der Waals surface area contributed by atoms with E-state index >= 15 is 0 Å². The molecule has 0 saturated heterocycles. The fraction of sp³-hybridized carbons (Fsp3) is 0.414. The minimum absolute atomic E-state index is 0.0579. The summed E-state index contributed by atoms with van der Waals surface area (Å²) in [4.78, 5) is 24.4. The van der Waals surface area contributed by atoms with Crippen LogP contribution in [0, 0.1) is 5.41 Å². The predicted molar refractivity (Wildman–Crippen MR) is 157 cm³/mol. The van der Waals surface area contributed by atoms with Gasteiger partial charge in [0.25, 0.3) is 12.1 Å². The van der Waals surface area contributed by atoms with Gasteiger partial charge in [0.05, 0.1) is 17.9 Å². The van der Waals surface area contributed by atoms with Crippen LogP contribution in [0.15, 0.2) is 65.6 Å². The van der Waals surface area contributed by atoms with Gasteiger partial charge in [-0.1, -0.05) is 63.2 Å². The summed E-state index contributed by atoms with van der Waals surface area (Å²) in [5.74, 6) is -1.42. The Morgan fingerprint density at radius 2 is 1.93 bits per heavy atom. The number of primary amides is 1. The van der Waals surface area contributed by atoms with E-state index in [9.17, 15) is 24.4 Å². The Labute approximate surface area is 244 Å². The predicted octanol–water partition coefficient (Wildman–Crippen LogP) is 2.87. The number of benzene rings is 2. The van der Waals surface area contributed by atoms with Crippen molar-refractivity contribution >= 4 is 36.6 Å². The van der Waals surface area contributed by atoms with E-state index in [-0.39, 0.29) is 29.0 Å². The highest BCUT2D eigenvalue weighted by Crippen LogP contribution is 2.47. The van der Waals surface area contributed by atoms with Gasteiger partial charge in [-0.15, -0.1) is 0 Å². The molecule has 0 spiro atoms. The van der Waals surface area contributed by atoms with Gasteiger partial charge in [0.1, 0.15) is 24.9 Å². The summed E-state index contributed by atoms with van der Waals surface area (Å²) in [5.41, 5.74) is 5.47. The zero-order valence-corrected chi connectivity index (χ0v) is 25.0. The van der Waals surface area contributed by atoms with Crippen molar-refractivity contribution in [2.45, 2.75) is 52.4 Å². The monoisotopic (exact) mass is 601 g/mol. The fourth-order valence-electron chi connectivity index (χ4n) is 4.43. The molecule has 2 aliphatic rings. The van der Waals surface area contributed by atoms with Crippen LogP contribution in [0.5, 0.6) is 5.75 Å². The maximum absolute atomic E-state index is 14.2. The van der Waals surface area contributed by atoms with Gasteiger partial charge >= 0.3 is 13.7 Å². The Morgan fingerprint density at radius 3 is 2.64 bits per heavy atom. The number of ether oxygens (including phenoxy) is 1. The van der Waals surface area contributed by atoms with E-state index in [4.69, 9.17) is 19.5 Å². The first-order valence-electron chi connectivity index (χ1n) is 13.6. The molecule has 13 heteroatoms. The van der Waals surface area contributed by atoms with Crippen LogP contribution >= 0.6 is 7.75 Å².